The number of rotatable bonds is 4. The summed E-state index contributed by atoms with van der Waals surface area (Å²) < 4.78 is 5.52. The third-order valence-electron chi connectivity index (χ3n) is 3.39. The molecule has 0 aliphatic heterocycles. The van der Waals surface area contributed by atoms with Gasteiger partial charge in [-0.1, -0.05) is 18.2 Å². The molecule has 0 saturated heterocycles. The van der Waals surface area contributed by atoms with Gasteiger partial charge < -0.3 is 10.1 Å². The zero-order valence-electron chi connectivity index (χ0n) is 12.1. The summed E-state index contributed by atoms with van der Waals surface area (Å²) in [5, 5.41) is 3.17. The van der Waals surface area contributed by atoms with E-state index in [-0.39, 0.29) is 0 Å². The standard InChI is InChI=1S/C17H21NO/c1-12-8-13(2)16(17(9-12)19-4)11-14-6-5-7-15(10-14)18-3/h5-10,18H,11H2,1-4H3. The first-order valence-electron chi connectivity index (χ1n) is 6.55. The fraction of sp³-hybridized carbons (Fsp3) is 0.294. The lowest BCUT2D eigenvalue weighted by molar-refractivity contribution is 0.410. The van der Waals surface area contributed by atoms with Gasteiger partial charge in [0, 0.05) is 24.7 Å². The maximum Gasteiger partial charge on any atom is 0.122 e. The molecular weight excluding hydrogens is 234 g/mol. The van der Waals surface area contributed by atoms with E-state index in [1.807, 2.05) is 7.05 Å². The quantitative estimate of drug-likeness (QED) is 0.893. The van der Waals surface area contributed by atoms with Crippen molar-refractivity contribution in [1.82, 2.24) is 0 Å². The van der Waals surface area contributed by atoms with Crippen LogP contribution < -0.4 is 10.1 Å². The molecule has 0 amide bonds. The van der Waals surface area contributed by atoms with Gasteiger partial charge in [-0.15, -0.1) is 0 Å². The van der Waals surface area contributed by atoms with Crippen molar-refractivity contribution in [3.63, 3.8) is 0 Å². The molecule has 0 aliphatic carbocycles. The predicted molar refractivity (Wildman–Crippen MR) is 81.3 cm³/mol. The van der Waals surface area contributed by atoms with Crippen LogP contribution in [0.5, 0.6) is 5.75 Å². The molecular formula is C17H21NO. The van der Waals surface area contributed by atoms with Crippen LogP contribution in [0.2, 0.25) is 0 Å². The summed E-state index contributed by atoms with van der Waals surface area (Å²) >= 11 is 0. The van der Waals surface area contributed by atoms with E-state index in [4.69, 9.17) is 4.74 Å². The van der Waals surface area contributed by atoms with Crippen molar-refractivity contribution in [2.45, 2.75) is 20.3 Å². The normalized spacial score (nSPS) is 10.3. The van der Waals surface area contributed by atoms with Gasteiger partial charge in [-0.2, -0.15) is 0 Å². The second-order valence-corrected chi connectivity index (χ2v) is 4.89. The molecule has 2 aromatic rings. The van der Waals surface area contributed by atoms with Gasteiger partial charge in [0.2, 0.25) is 0 Å². The van der Waals surface area contributed by atoms with Crippen molar-refractivity contribution in [3.05, 3.63) is 58.7 Å². The maximum atomic E-state index is 5.52. The maximum absolute atomic E-state index is 5.52. The Kier molecular flexibility index (Phi) is 4.10. The molecule has 0 fully saturated rings. The molecule has 0 bridgehead atoms. The zero-order chi connectivity index (χ0) is 13.8. The van der Waals surface area contributed by atoms with Crippen molar-refractivity contribution >= 4 is 5.69 Å². The minimum absolute atomic E-state index is 0.894. The molecule has 0 aliphatic rings. The van der Waals surface area contributed by atoms with Gasteiger partial charge in [0.1, 0.15) is 5.75 Å². The second-order valence-electron chi connectivity index (χ2n) is 4.89. The molecule has 19 heavy (non-hydrogen) atoms. The van der Waals surface area contributed by atoms with Crippen molar-refractivity contribution < 1.29 is 4.74 Å². The monoisotopic (exact) mass is 255 g/mol. The molecule has 100 valence electrons. The van der Waals surface area contributed by atoms with Crippen LogP contribution in [0.15, 0.2) is 36.4 Å². The summed E-state index contributed by atoms with van der Waals surface area (Å²) in [6, 6.07) is 12.8. The SMILES string of the molecule is CNc1cccc(Cc2c(C)cc(C)cc2OC)c1. The molecule has 2 rings (SSSR count). The number of anilines is 1. The number of nitrogens with one attached hydrogen (secondary N) is 1. The molecule has 0 saturated carbocycles. The van der Waals surface area contributed by atoms with Gasteiger partial charge in [0.05, 0.1) is 7.11 Å². The lowest BCUT2D eigenvalue weighted by Gasteiger charge is -2.13. The van der Waals surface area contributed by atoms with E-state index in [9.17, 15) is 0 Å². The van der Waals surface area contributed by atoms with Crippen LogP contribution in [0.3, 0.4) is 0 Å². The summed E-state index contributed by atoms with van der Waals surface area (Å²) in [5.74, 6) is 0.979. The van der Waals surface area contributed by atoms with Gasteiger partial charge in [-0.25, -0.2) is 0 Å². The summed E-state index contributed by atoms with van der Waals surface area (Å²) in [7, 11) is 3.68. The van der Waals surface area contributed by atoms with Crippen LogP contribution in [0.4, 0.5) is 5.69 Å². The van der Waals surface area contributed by atoms with Gasteiger partial charge in [-0.3, -0.25) is 0 Å². The predicted octanol–water partition coefficient (Wildman–Crippen LogP) is 3.94. The highest BCUT2D eigenvalue weighted by Crippen LogP contribution is 2.27. The van der Waals surface area contributed by atoms with E-state index in [1.54, 1.807) is 7.11 Å². The van der Waals surface area contributed by atoms with Crippen molar-refractivity contribution in [3.8, 4) is 5.75 Å². The summed E-state index contributed by atoms with van der Waals surface area (Å²) in [6.07, 6.45) is 0.894. The number of methoxy groups -OCH3 is 1. The first-order chi connectivity index (χ1) is 9.13. The topological polar surface area (TPSA) is 21.3 Å². The Labute approximate surface area is 115 Å². The molecule has 0 aromatic heterocycles. The van der Waals surface area contributed by atoms with Crippen LogP contribution in [-0.4, -0.2) is 14.2 Å². The third kappa shape index (κ3) is 3.08. The van der Waals surface area contributed by atoms with Crippen LogP contribution in [0.25, 0.3) is 0 Å². The molecule has 0 radical (unpaired) electrons. The first-order valence-corrected chi connectivity index (χ1v) is 6.55. The summed E-state index contributed by atoms with van der Waals surface area (Å²) in [5.41, 5.74) is 6.22. The lowest BCUT2D eigenvalue weighted by atomic mass is 9.97. The van der Waals surface area contributed by atoms with Gasteiger partial charge in [0.25, 0.3) is 0 Å². The second kappa shape index (κ2) is 5.79. The highest BCUT2D eigenvalue weighted by molar-refractivity contribution is 5.49. The number of benzene rings is 2. The number of aryl methyl sites for hydroxylation is 2. The number of hydrogen-bond acceptors (Lipinski definition) is 2. The van der Waals surface area contributed by atoms with E-state index in [1.165, 1.54) is 22.3 Å². The first kappa shape index (κ1) is 13.5. The van der Waals surface area contributed by atoms with E-state index >= 15 is 0 Å². The average Bonchev–Trinajstić information content (AvgIpc) is 2.41. The van der Waals surface area contributed by atoms with Crippen LogP contribution in [-0.2, 0) is 6.42 Å². The Bertz CT molecular complexity index is 575. The minimum atomic E-state index is 0.894. The molecule has 0 unspecified atom stereocenters. The molecule has 0 spiro atoms. The fourth-order valence-corrected chi connectivity index (χ4v) is 2.41. The van der Waals surface area contributed by atoms with E-state index in [2.05, 4.69) is 55.6 Å². The minimum Gasteiger partial charge on any atom is -0.496 e. The third-order valence-corrected chi connectivity index (χ3v) is 3.39. The highest BCUT2D eigenvalue weighted by atomic mass is 16.5. The van der Waals surface area contributed by atoms with Crippen LogP contribution in [0, 0.1) is 13.8 Å². The summed E-state index contributed by atoms with van der Waals surface area (Å²) in [4.78, 5) is 0. The van der Waals surface area contributed by atoms with Crippen LogP contribution >= 0.6 is 0 Å². The Hall–Kier alpha value is -1.96. The Morgan fingerprint density at radius 1 is 1.11 bits per heavy atom. The number of ether oxygens (including phenoxy) is 1. The smallest absolute Gasteiger partial charge is 0.122 e. The largest absolute Gasteiger partial charge is 0.496 e. The Morgan fingerprint density at radius 2 is 1.89 bits per heavy atom. The zero-order valence-corrected chi connectivity index (χ0v) is 12.1. The van der Waals surface area contributed by atoms with E-state index in [0.717, 1.165) is 17.9 Å². The molecule has 2 aromatic carbocycles. The fourth-order valence-electron chi connectivity index (χ4n) is 2.41. The van der Waals surface area contributed by atoms with E-state index < -0.39 is 0 Å². The molecule has 2 heteroatoms. The molecule has 0 atom stereocenters. The van der Waals surface area contributed by atoms with Gasteiger partial charge in [-0.05, 0) is 48.7 Å². The van der Waals surface area contributed by atoms with E-state index in [0.29, 0.717) is 0 Å². The van der Waals surface area contributed by atoms with Gasteiger partial charge >= 0.3 is 0 Å². The molecule has 1 N–H and O–H groups in total. The highest BCUT2D eigenvalue weighted by Gasteiger charge is 2.08. The molecule has 2 nitrogen and oxygen atoms in total. The van der Waals surface area contributed by atoms with Crippen molar-refractivity contribution in [1.29, 1.82) is 0 Å². The Balaban J connectivity index is 2.37. The average molecular weight is 255 g/mol. The van der Waals surface area contributed by atoms with Crippen LogP contribution in [0.1, 0.15) is 22.3 Å². The Morgan fingerprint density at radius 3 is 2.58 bits per heavy atom. The lowest BCUT2D eigenvalue weighted by Crippen LogP contribution is -1.99. The molecule has 0 heterocycles. The van der Waals surface area contributed by atoms with Crippen molar-refractivity contribution in [2.75, 3.05) is 19.5 Å². The van der Waals surface area contributed by atoms with Crippen molar-refractivity contribution in [2.24, 2.45) is 0 Å². The summed E-state index contributed by atoms with van der Waals surface area (Å²) in [6.45, 7) is 4.24. The number of hydrogen-bond donors (Lipinski definition) is 1. The van der Waals surface area contributed by atoms with Gasteiger partial charge in [0.15, 0.2) is 0 Å².